The molecule has 1 N–H and O–H groups in total. The molecule has 0 saturated carbocycles. The summed E-state index contributed by atoms with van der Waals surface area (Å²) in [6.45, 7) is 1.99. The van der Waals surface area contributed by atoms with E-state index in [1.165, 1.54) is 0 Å². The Labute approximate surface area is 151 Å². The lowest BCUT2D eigenvalue weighted by molar-refractivity contribution is 0.102. The number of para-hydroxylation sites is 1. The van der Waals surface area contributed by atoms with E-state index in [9.17, 15) is 4.79 Å². The molecule has 23 heavy (non-hydrogen) atoms. The highest BCUT2D eigenvalue weighted by molar-refractivity contribution is 9.10. The third kappa shape index (κ3) is 3.07. The Balaban J connectivity index is 2.06. The summed E-state index contributed by atoms with van der Waals surface area (Å²) in [6, 6.07) is 10.6. The maximum Gasteiger partial charge on any atom is 0.258 e. The number of hydrogen-bond acceptors (Lipinski definition) is 2. The molecule has 0 bridgehead atoms. The number of nitrogens with one attached hydrogen (secondary N) is 1. The van der Waals surface area contributed by atoms with Crippen LogP contribution in [0.1, 0.15) is 15.9 Å². The van der Waals surface area contributed by atoms with E-state index in [-0.39, 0.29) is 11.5 Å². The van der Waals surface area contributed by atoms with Crippen LogP contribution in [-0.2, 0) is 0 Å². The molecule has 0 atom stereocenters. The highest BCUT2D eigenvalue weighted by Crippen LogP contribution is 2.30. The number of fused-ring (bicyclic) bond motifs is 1. The van der Waals surface area contributed by atoms with Crippen LogP contribution in [0, 0.1) is 6.92 Å². The van der Waals surface area contributed by atoms with E-state index in [1.807, 2.05) is 19.1 Å². The minimum atomic E-state index is -0.365. The third-order valence-electron chi connectivity index (χ3n) is 3.54. The smallest absolute Gasteiger partial charge is 0.258 e. The minimum Gasteiger partial charge on any atom is -0.320 e. The van der Waals surface area contributed by atoms with E-state index >= 15 is 0 Å². The number of amides is 1. The van der Waals surface area contributed by atoms with Gasteiger partial charge in [0, 0.05) is 16.1 Å². The van der Waals surface area contributed by atoms with Gasteiger partial charge in [-0.3, -0.25) is 9.78 Å². The molecule has 0 aliphatic rings. The van der Waals surface area contributed by atoms with E-state index in [4.69, 9.17) is 23.2 Å². The van der Waals surface area contributed by atoms with Crippen LogP contribution < -0.4 is 5.32 Å². The molecular weight excluding hydrogens is 399 g/mol. The zero-order chi connectivity index (χ0) is 16.6. The van der Waals surface area contributed by atoms with Crippen LogP contribution in [0.2, 0.25) is 10.0 Å². The first kappa shape index (κ1) is 16.2. The number of nitrogens with zero attached hydrogens (tertiary/aromatic N) is 1. The van der Waals surface area contributed by atoms with Crippen molar-refractivity contribution in [2.24, 2.45) is 0 Å². The van der Waals surface area contributed by atoms with Gasteiger partial charge in [-0.15, -0.1) is 0 Å². The molecule has 6 heteroatoms. The van der Waals surface area contributed by atoms with Crippen molar-refractivity contribution in [2.75, 3.05) is 5.32 Å². The van der Waals surface area contributed by atoms with Crippen molar-refractivity contribution in [3.63, 3.8) is 0 Å². The standard InChI is InChI=1S/C17H11BrCl2N2O/c1-9-10-4-2-7-14(16(10)21-8-11(9)18)22-17(23)15-12(19)5-3-6-13(15)20/h2-8H,1H3,(H,22,23). The number of halogens is 3. The van der Waals surface area contributed by atoms with Crippen LogP contribution in [0.3, 0.4) is 0 Å². The van der Waals surface area contributed by atoms with E-state index in [0.29, 0.717) is 21.2 Å². The fraction of sp³-hybridized carbons (Fsp3) is 0.0588. The van der Waals surface area contributed by atoms with Gasteiger partial charge in [-0.1, -0.05) is 41.4 Å². The summed E-state index contributed by atoms with van der Waals surface area (Å²) in [5.41, 5.74) is 2.63. The molecule has 0 fully saturated rings. The number of benzene rings is 2. The molecule has 3 rings (SSSR count). The van der Waals surface area contributed by atoms with Crippen molar-refractivity contribution in [3.05, 3.63) is 68.2 Å². The second kappa shape index (κ2) is 6.48. The monoisotopic (exact) mass is 408 g/mol. The second-order valence-corrected chi connectivity index (χ2v) is 6.65. The number of rotatable bonds is 2. The first-order valence-corrected chi connectivity index (χ1v) is 8.33. The second-order valence-electron chi connectivity index (χ2n) is 4.98. The summed E-state index contributed by atoms with van der Waals surface area (Å²) < 4.78 is 0.919. The lowest BCUT2D eigenvalue weighted by Gasteiger charge is -2.11. The highest BCUT2D eigenvalue weighted by Gasteiger charge is 2.16. The molecule has 2 aromatic carbocycles. The Morgan fingerprint density at radius 2 is 1.78 bits per heavy atom. The minimum absolute atomic E-state index is 0.252. The quantitative estimate of drug-likeness (QED) is 0.575. The van der Waals surface area contributed by atoms with Crippen LogP contribution in [-0.4, -0.2) is 10.9 Å². The Morgan fingerprint density at radius 3 is 2.48 bits per heavy atom. The molecule has 1 heterocycles. The fourth-order valence-corrected chi connectivity index (χ4v) is 3.22. The number of pyridine rings is 1. The maximum absolute atomic E-state index is 12.5. The summed E-state index contributed by atoms with van der Waals surface area (Å²) in [4.78, 5) is 16.9. The molecular formula is C17H11BrCl2N2O. The Hall–Kier alpha value is -1.62. The molecule has 0 radical (unpaired) electrons. The van der Waals surface area contributed by atoms with Crippen molar-refractivity contribution in [1.29, 1.82) is 0 Å². The molecule has 1 amide bonds. The zero-order valence-electron chi connectivity index (χ0n) is 12.0. The SMILES string of the molecule is Cc1c(Br)cnc2c(NC(=O)c3c(Cl)cccc3Cl)cccc12. The molecule has 3 aromatic rings. The third-order valence-corrected chi connectivity index (χ3v) is 4.97. The van der Waals surface area contributed by atoms with E-state index in [2.05, 4.69) is 26.2 Å². The predicted molar refractivity (Wildman–Crippen MR) is 98.6 cm³/mol. The van der Waals surface area contributed by atoms with Crippen molar-refractivity contribution < 1.29 is 4.79 Å². The molecule has 3 nitrogen and oxygen atoms in total. The summed E-state index contributed by atoms with van der Waals surface area (Å²) in [5, 5.41) is 4.42. The lowest BCUT2D eigenvalue weighted by atomic mass is 10.1. The number of anilines is 1. The van der Waals surface area contributed by atoms with Crippen molar-refractivity contribution in [1.82, 2.24) is 4.98 Å². The van der Waals surface area contributed by atoms with E-state index in [0.717, 1.165) is 15.4 Å². The van der Waals surface area contributed by atoms with E-state index < -0.39 is 0 Å². The number of carbonyl (C=O) groups is 1. The van der Waals surface area contributed by atoms with Gasteiger partial charge in [0.05, 0.1) is 26.8 Å². The van der Waals surface area contributed by atoms with Gasteiger partial charge in [-0.2, -0.15) is 0 Å². The fourth-order valence-electron chi connectivity index (χ4n) is 2.33. The van der Waals surface area contributed by atoms with Crippen molar-refractivity contribution in [2.45, 2.75) is 6.92 Å². The largest absolute Gasteiger partial charge is 0.320 e. The van der Waals surface area contributed by atoms with Crippen LogP contribution in [0.4, 0.5) is 5.69 Å². The Bertz CT molecular complexity index is 908. The maximum atomic E-state index is 12.5. The van der Waals surface area contributed by atoms with Crippen LogP contribution in [0.5, 0.6) is 0 Å². The normalized spacial score (nSPS) is 10.8. The molecule has 0 aliphatic heterocycles. The van der Waals surface area contributed by atoms with Gasteiger partial charge in [-0.25, -0.2) is 0 Å². The summed E-state index contributed by atoms with van der Waals surface area (Å²) in [7, 11) is 0. The first-order valence-electron chi connectivity index (χ1n) is 6.78. The zero-order valence-corrected chi connectivity index (χ0v) is 15.1. The predicted octanol–water partition coefficient (Wildman–Crippen LogP) is 5.86. The van der Waals surface area contributed by atoms with Gasteiger partial charge in [0.2, 0.25) is 0 Å². The average Bonchev–Trinajstić information content (AvgIpc) is 2.51. The van der Waals surface area contributed by atoms with Crippen LogP contribution >= 0.6 is 39.1 Å². The van der Waals surface area contributed by atoms with Gasteiger partial charge in [-0.05, 0) is 46.6 Å². The highest BCUT2D eigenvalue weighted by atomic mass is 79.9. The molecule has 1 aromatic heterocycles. The molecule has 0 saturated heterocycles. The number of aromatic nitrogens is 1. The lowest BCUT2D eigenvalue weighted by Crippen LogP contribution is -2.13. The van der Waals surface area contributed by atoms with Gasteiger partial charge in [0.25, 0.3) is 5.91 Å². The summed E-state index contributed by atoms with van der Waals surface area (Å²) >= 11 is 15.6. The molecule has 0 aliphatic carbocycles. The van der Waals surface area contributed by atoms with Crippen molar-refractivity contribution >= 4 is 61.6 Å². The Morgan fingerprint density at radius 1 is 1.13 bits per heavy atom. The first-order chi connectivity index (χ1) is 11.0. The molecule has 0 spiro atoms. The number of carbonyl (C=O) groups excluding carboxylic acids is 1. The average molecular weight is 410 g/mol. The van der Waals surface area contributed by atoms with Crippen LogP contribution in [0.15, 0.2) is 47.1 Å². The number of hydrogen-bond donors (Lipinski definition) is 1. The van der Waals surface area contributed by atoms with Gasteiger partial charge in [0.15, 0.2) is 0 Å². The topological polar surface area (TPSA) is 42.0 Å². The van der Waals surface area contributed by atoms with Gasteiger partial charge in [0.1, 0.15) is 0 Å². The summed E-state index contributed by atoms with van der Waals surface area (Å²) in [6.07, 6.45) is 1.72. The van der Waals surface area contributed by atoms with Crippen LogP contribution in [0.25, 0.3) is 10.9 Å². The summed E-state index contributed by atoms with van der Waals surface area (Å²) in [5.74, 6) is -0.365. The Kier molecular flexibility index (Phi) is 4.57. The van der Waals surface area contributed by atoms with E-state index in [1.54, 1.807) is 30.5 Å². The van der Waals surface area contributed by atoms with Gasteiger partial charge >= 0.3 is 0 Å². The van der Waals surface area contributed by atoms with Gasteiger partial charge < -0.3 is 5.32 Å². The number of aryl methyl sites for hydroxylation is 1. The molecule has 116 valence electrons. The van der Waals surface area contributed by atoms with Crippen molar-refractivity contribution in [3.8, 4) is 0 Å². The molecule has 0 unspecified atom stereocenters.